The molecule has 0 aromatic heterocycles. The van der Waals surface area contributed by atoms with E-state index in [2.05, 4.69) is 17.3 Å². The van der Waals surface area contributed by atoms with Crippen LogP contribution in [0.3, 0.4) is 0 Å². The summed E-state index contributed by atoms with van der Waals surface area (Å²) in [5, 5.41) is 3.27. The van der Waals surface area contributed by atoms with Gasteiger partial charge < -0.3 is 10.2 Å². The van der Waals surface area contributed by atoms with Crippen molar-refractivity contribution < 1.29 is 8.42 Å². The van der Waals surface area contributed by atoms with E-state index in [4.69, 9.17) is 0 Å². The third-order valence-electron chi connectivity index (χ3n) is 3.49. The smallest absolute Gasteiger partial charge is 0.154 e. The molecule has 0 aromatic rings. The second-order valence-electron chi connectivity index (χ2n) is 4.79. The number of nitrogens with zero attached hydrogens (tertiary/aromatic N) is 1. The third kappa shape index (κ3) is 2.71. The van der Waals surface area contributed by atoms with E-state index in [9.17, 15) is 8.42 Å². The molecule has 2 aliphatic rings. The van der Waals surface area contributed by atoms with Gasteiger partial charge in [0.1, 0.15) is 0 Å². The van der Waals surface area contributed by atoms with Crippen molar-refractivity contribution >= 4 is 9.84 Å². The predicted molar refractivity (Wildman–Crippen MR) is 60.7 cm³/mol. The SMILES string of the molecule is CN1CCC(NCC2CCCS2(=O)=O)C1. The zero-order valence-electron chi connectivity index (χ0n) is 9.28. The van der Waals surface area contributed by atoms with Crippen LogP contribution >= 0.6 is 0 Å². The van der Waals surface area contributed by atoms with Gasteiger partial charge in [0.2, 0.25) is 0 Å². The van der Waals surface area contributed by atoms with Crippen LogP contribution in [0.2, 0.25) is 0 Å². The number of nitrogens with one attached hydrogen (secondary N) is 1. The first-order valence-corrected chi connectivity index (χ1v) is 7.43. The quantitative estimate of drug-likeness (QED) is 0.736. The van der Waals surface area contributed by atoms with Crippen LogP contribution in [-0.2, 0) is 9.84 Å². The van der Waals surface area contributed by atoms with Crippen LogP contribution in [0, 0.1) is 0 Å². The predicted octanol–water partition coefficient (Wildman–Crippen LogP) is -0.143. The summed E-state index contributed by atoms with van der Waals surface area (Å²) in [7, 11) is -0.663. The summed E-state index contributed by atoms with van der Waals surface area (Å²) in [4.78, 5) is 2.28. The molecule has 2 fully saturated rings. The van der Waals surface area contributed by atoms with Crippen LogP contribution in [0.25, 0.3) is 0 Å². The summed E-state index contributed by atoms with van der Waals surface area (Å²) in [6.45, 7) is 2.82. The second kappa shape index (κ2) is 4.39. The molecule has 1 N–H and O–H groups in total. The Hall–Kier alpha value is -0.130. The van der Waals surface area contributed by atoms with E-state index in [-0.39, 0.29) is 5.25 Å². The number of likely N-dealkylation sites (tertiary alicyclic amines) is 1. The molecule has 4 nitrogen and oxygen atoms in total. The lowest BCUT2D eigenvalue weighted by molar-refractivity contribution is 0.397. The van der Waals surface area contributed by atoms with Crippen LogP contribution in [0.5, 0.6) is 0 Å². The molecule has 2 rings (SSSR count). The number of hydrogen-bond donors (Lipinski definition) is 1. The van der Waals surface area contributed by atoms with E-state index in [0.717, 1.165) is 32.4 Å². The Kier molecular flexibility index (Phi) is 3.33. The molecule has 2 atom stereocenters. The highest BCUT2D eigenvalue weighted by Crippen LogP contribution is 2.19. The highest BCUT2D eigenvalue weighted by atomic mass is 32.2. The lowest BCUT2D eigenvalue weighted by Gasteiger charge is -2.15. The van der Waals surface area contributed by atoms with Crippen molar-refractivity contribution in [2.75, 3.05) is 32.4 Å². The minimum atomic E-state index is -2.77. The lowest BCUT2D eigenvalue weighted by Crippen LogP contribution is -2.38. The second-order valence-corrected chi connectivity index (χ2v) is 7.19. The number of hydrogen-bond acceptors (Lipinski definition) is 4. The third-order valence-corrected chi connectivity index (χ3v) is 5.76. The number of sulfone groups is 1. The van der Waals surface area contributed by atoms with Crippen LogP contribution < -0.4 is 5.32 Å². The van der Waals surface area contributed by atoms with Crippen LogP contribution in [0.4, 0.5) is 0 Å². The van der Waals surface area contributed by atoms with Crippen molar-refractivity contribution in [3.8, 4) is 0 Å². The first kappa shape index (κ1) is 11.4. The van der Waals surface area contributed by atoms with Gasteiger partial charge in [0.15, 0.2) is 9.84 Å². The Morgan fingerprint density at radius 3 is 2.73 bits per heavy atom. The summed E-state index contributed by atoms with van der Waals surface area (Å²) in [6.07, 6.45) is 2.83. The summed E-state index contributed by atoms with van der Waals surface area (Å²) in [5.74, 6) is 0.393. The Morgan fingerprint density at radius 2 is 2.20 bits per heavy atom. The standard InChI is InChI=1S/C10H20N2O2S/c1-12-5-4-9(8-12)11-7-10-3-2-6-15(10,13)14/h9-11H,2-8H2,1H3. The molecule has 0 bridgehead atoms. The average Bonchev–Trinajstić information content (AvgIpc) is 2.69. The number of likely N-dealkylation sites (N-methyl/N-ethyl adjacent to an activating group) is 1. The van der Waals surface area contributed by atoms with Crippen LogP contribution in [0.15, 0.2) is 0 Å². The Labute approximate surface area is 91.9 Å². The van der Waals surface area contributed by atoms with Gasteiger partial charge in [0, 0.05) is 19.1 Å². The Bertz CT molecular complexity index is 315. The minimum Gasteiger partial charge on any atom is -0.311 e. The summed E-state index contributed by atoms with van der Waals surface area (Å²) < 4.78 is 23.2. The first-order valence-electron chi connectivity index (χ1n) is 5.71. The van der Waals surface area contributed by atoms with Gasteiger partial charge in [-0.05, 0) is 32.9 Å². The van der Waals surface area contributed by atoms with Gasteiger partial charge in [-0.15, -0.1) is 0 Å². The fourth-order valence-electron chi connectivity index (χ4n) is 2.49. The molecule has 0 saturated carbocycles. The molecule has 0 aliphatic carbocycles. The Balaban J connectivity index is 1.79. The van der Waals surface area contributed by atoms with E-state index in [0.29, 0.717) is 18.3 Å². The highest BCUT2D eigenvalue weighted by Gasteiger charge is 2.31. The molecule has 5 heteroatoms. The molecule has 0 amide bonds. The van der Waals surface area contributed by atoms with Crippen molar-refractivity contribution in [2.45, 2.75) is 30.6 Å². The van der Waals surface area contributed by atoms with Gasteiger partial charge in [0.05, 0.1) is 11.0 Å². The summed E-state index contributed by atoms with van der Waals surface area (Å²) in [6, 6.07) is 0.491. The van der Waals surface area contributed by atoms with Gasteiger partial charge in [-0.25, -0.2) is 8.42 Å². The zero-order valence-corrected chi connectivity index (χ0v) is 10.1. The van der Waals surface area contributed by atoms with E-state index >= 15 is 0 Å². The molecule has 0 radical (unpaired) electrons. The maximum absolute atomic E-state index is 11.6. The average molecular weight is 232 g/mol. The van der Waals surface area contributed by atoms with Gasteiger partial charge >= 0.3 is 0 Å². The summed E-state index contributed by atoms with van der Waals surface area (Å²) >= 11 is 0. The largest absolute Gasteiger partial charge is 0.311 e. The molecule has 0 aromatic carbocycles. The van der Waals surface area contributed by atoms with Crippen LogP contribution in [0.1, 0.15) is 19.3 Å². The highest BCUT2D eigenvalue weighted by molar-refractivity contribution is 7.92. The van der Waals surface area contributed by atoms with Crippen molar-refractivity contribution in [3.63, 3.8) is 0 Å². The monoisotopic (exact) mass is 232 g/mol. The van der Waals surface area contributed by atoms with Gasteiger partial charge in [-0.2, -0.15) is 0 Å². The fourth-order valence-corrected chi connectivity index (χ4v) is 4.27. The maximum atomic E-state index is 11.6. The fraction of sp³-hybridized carbons (Fsp3) is 1.00. The molecular weight excluding hydrogens is 212 g/mol. The normalized spacial score (nSPS) is 36.1. The molecule has 88 valence electrons. The Morgan fingerprint density at radius 1 is 1.40 bits per heavy atom. The van der Waals surface area contributed by atoms with E-state index in [1.165, 1.54) is 0 Å². The van der Waals surface area contributed by atoms with E-state index < -0.39 is 9.84 Å². The molecule has 2 saturated heterocycles. The molecule has 0 spiro atoms. The first-order chi connectivity index (χ1) is 7.08. The van der Waals surface area contributed by atoms with Gasteiger partial charge in [-0.3, -0.25) is 0 Å². The lowest BCUT2D eigenvalue weighted by atomic mass is 10.2. The van der Waals surface area contributed by atoms with Crippen molar-refractivity contribution in [1.29, 1.82) is 0 Å². The van der Waals surface area contributed by atoms with Gasteiger partial charge in [0.25, 0.3) is 0 Å². The zero-order chi connectivity index (χ0) is 10.9. The molecular formula is C10H20N2O2S. The topological polar surface area (TPSA) is 49.4 Å². The minimum absolute atomic E-state index is 0.122. The number of rotatable bonds is 3. The van der Waals surface area contributed by atoms with Crippen LogP contribution in [-0.4, -0.2) is 57.0 Å². The van der Waals surface area contributed by atoms with Crippen molar-refractivity contribution in [3.05, 3.63) is 0 Å². The van der Waals surface area contributed by atoms with Crippen molar-refractivity contribution in [2.24, 2.45) is 0 Å². The maximum Gasteiger partial charge on any atom is 0.154 e. The van der Waals surface area contributed by atoms with Gasteiger partial charge in [-0.1, -0.05) is 0 Å². The molecule has 2 heterocycles. The van der Waals surface area contributed by atoms with E-state index in [1.54, 1.807) is 0 Å². The van der Waals surface area contributed by atoms with Crippen molar-refractivity contribution in [1.82, 2.24) is 10.2 Å². The van der Waals surface area contributed by atoms with E-state index in [1.807, 2.05) is 0 Å². The molecule has 2 unspecified atom stereocenters. The molecule has 15 heavy (non-hydrogen) atoms. The molecule has 2 aliphatic heterocycles. The summed E-state index contributed by atoms with van der Waals surface area (Å²) in [5.41, 5.74) is 0.